The Morgan fingerprint density at radius 1 is 1.14 bits per heavy atom. The summed E-state index contributed by atoms with van der Waals surface area (Å²) in [5.74, 6) is 3.00. The van der Waals surface area contributed by atoms with Crippen molar-refractivity contribution in [3.05, 3.63) is 41.9 Å². The van der Waals surface area contributed by atoms with Gasteiger partial charge in [-0.25, -0.2) is 4.98 Å². The lowest BCUT2D eigenvalue weighted by Crippen LogP contribution is -2.37. The van der Waals surface area contributed by atoms with Crippen LogP contribution in [0.4, 0.5) is 5.82 Å². The highest BCUT2D eigenvalue weighted by atomic mass is 127. The molecule has 7 nitrogen and oxygen atoms in total. The predicted molar refractivity (Wildman–Crippen MR) is 125 cm³/mol. The number of unbranched alkanes of at least 4 members (excludes halogenated alkanes) is 1. The van der Waals surface area contributed by atoms with Crippen molar-refractivity contribution in [2.75, 3.05) is 25.5 Å². The Bertz CT molecular complexity index is 672. The fourth-order valence-corrected chi connectivity index (χ4v) is 2.84. The second kappa shape index (κ2) is 14.2. The molecule has 0 unspecified atom stereocenters. The van der Waals surface area contributed by atoms with Gasteiger partial charge in [-0.05, 0) is 37.8 Å². The van der Waals surface area contributed by atoms with Gasteiger partial charge in [0.25, 0.3) is 0 Å². The largest absolute Gasteiger partial charge is 0.370 e. The Hall–Kier alpha value is -1.84. The summed E-state index contributed by atoms with van der Waals surface area (Å²) in [4.78, 5) is 8.49. The zero-order valence-electron chi connectivity index (χ0n) is 17.1. The molecule has 156 valence electrons. The number of nitrogens with one attached hydrogen (secondary N) is 3. The molecule has 0 aromatic carbocycles. The molecule has 0 amide bonds. The van der Waals surface area contributed by atoms with E-state index in [0.717, 1.165) is 62.0 Å². The van der Waals surface area contributed by atoms with Crippen LogP contribution in [-0.2, 0) is 6.54 Å². The molecule has 3 N–H and O–H groups in total. The number of halogens is 1. The van der Waals surface area contributed by atoms with E-state index in [0.29, 0.717) is 12.5 Å². The van der Waals surface area contributed by atoms with Crippen LogP contribution in [-0.4, -0.2) is 36.2 Å². The van der Waals surface area contributed by atoms with Gasteiger partial charge in [0.1, 0.15) is 5.82 Å². The Balaban J connectivity index is 0.00000392. The van der Waals surface area contributed by atoms with Gasteiger partial charge in [0.2, 0.25) is 0 Å². The van der Waals surface area contributed by atoms with E-state index in [1.165, 1.54) is 0 Å². The lowest BCUT2D eigenvalue weighted by molar-refractivity contribution is 0.368. The topological polar surface area (TPSA) is 87.4 Å². The molecule has 0 saturated carbocycles. The van der Waals surface area contributed by atoms with Crippen LogP contribution in [0.5, 0.6) is 0 Å². The third-order valence-electron chi connectivity index (χ3n) is 4.50. The maximum atomic E-state index is 5.43. The molecule has 2 aromatic heterocycles. The number of rotatable bonds is 11. The van der Waals surface area contributed by atoms with Gasteiger partial charge in [-0.1, -0.05) is 25.1 Å². The number of hydrogen-bond donors (Lipinski definition) is 3. The Labute approximate surface area is 185 Å². The molecule has 0 fully saturated rings. The molecule has 0 aliphatic carbocycles. The number of nitrogens with zero attached hydrogens (tertiary/aromatic N) is 3. The summed E-state index contributed by atoms with van der Waals surface area (Å²) in [5.41, 5.74) is 1.04. The summed E-state index contributed by atoms with van der Waals surface area (Å²) in [6, 6.07) is 7.91. The number of aliphatic imine (C=N–C) groups is 1. The fourth-order valence-electron chi connectivity index (χ4n) is 2.84. The van der Waals surface area contributed by atoms with E-state index in [2.05, 4.69) is 44.9 Å². The molecule has 0 radical (unpaired) electrons. The number of anilines is 1. The van der Waals surface area contributed by atoms with Crippen LogP contribution in [0.25, 0.3) is 0 Å². The molecular weight excluding hydrogens is 467 g/mol. The highest BCUT2D eigenvalue weighted by Gasteiger charge is 2.13. The van der Waals surface area contributed by atoms with Crippen molar-refractivity contribution >= 4 is 35.8 Å². The third kappa shape index (κ3) is 8.45. The molecule has 2 rings (SSSR count). The third-order valence-corrected chi connectivity index (χ3v) is 4.50. The normalized spacial score (nSPS) is 11.2. The van der Waals surface area contributed by atoms with Gasteiger partial charge < -0.3 is 20.5 Å². The Kier molecular flexibility index (Phi) is 12.3. The van der Waals surface area contributed by atoms with E-state index < -0.39 is 0 Å². The SMILES string of the molecule is CCC(CC)c1cc(CNC(=NC)NCCCCNc2ccccn2)on1.I. The quantitative estimate of drug-likeness (QED) is 0.186. The molecule has 2 aromatic rings. The second-order valence-corrected chi connectivity index (χ2v) is 6.43. The Morgan fingerprint density at radius 2 is 1.93 bits per heavy atom. The molecule has 0 aliphatic rings. The summed E-state index contributed by atoms with van der Waals surface area (Å²) in [5, 5.41) is 14.1. The standard InChI is InChI=1S/C20H32N6O.HI/c1-4-16(5-2)18-14-17(27-26-18)15-25-20(21-3)24-13-9-8-12-23-19-10-6-7-11-22-19;/h6-7,10-11,14,16H,4-5,8-9,12-13,15H2,1-3H3,(H,22,23)(H2,21,24,25);1H. The van der Waals surface area contributed by atoms with Crippen LogP contribution in [0.3, 0.4) is 0 Å². The number of guanidine groups is 1. The van der Waals surface area contributed by atoms with E-state index in [9.17, 15) is 0 Å². The van der Waals surface area contributed by atoms with Crippen LogP contribution in [0.15, 0.2) is 40.0 Å². The first kappa shape index (κ1) is 24.2. The summed E-state index contributed by atoms with van der Waals surface area (Å²) in [7, 11) is 1.77. The van der Waals surface area contributed by atoms with Gasteiger partial charge in [0.05, 0.1) is 12.2 Å². The number of pyridine rings is 1. The van der Waals surface area contributed by atoms with Gasteiger partial charge >= 0.3 is 0 Å². The van der Waals surface area contributed by atoms with E-state index in [-0.39, 0.29) is 24.0 Å². The van der Waals surface area contributed by atoms with Gasteiger partial charge in [-0.3, -0.25) is 4.99 Å². The molecule has 28 heavy (non-hydrogen) atoms. The minimum absolute atomic E-state index is 0. The van der Waals surface area contributed by atoms with Crippen LogP contribution < -0.4 is 16.0 Å². The number of aromatic nitrogens is 2. The molecule has 0 spiro atoms. The van der Waals surface area contributed by atoms with Crippen molar-refractivity contribution < 1.29 is 4.52 Å². The van der Waals surface area contributed by atoms with E-state index in [1.807, 2.05) is 24.3 Å². The zero-order valence-corrected chi connectivity index (χ0v) is 19.4. The van der Waals surface area contributed by atoms with Crippen molar-refractivity contribution in [3.63, 3.8) is 0 Å². The van der Waals surface area contributed by atoms with Gasteiger partial charge in [-0.15, -0.1) is 24.0 Å². The van der Waals surface area contributed by atoms with Crippen LogP contribution in [0, 0.1) is 0 Å². The highest BCUT2D eigenvalue weighted by molar-refractivity contribution is 14.0. The molecule has 0 saturated heterocycles. The molecule has 0 atom stereocenters. The van der Waals surface area contributed by atoms with Crippen molar-refractivity contribution in [2.45, 2.75) is 52.0 Å². The van der Waals surface area contributed by atoms with Crippen molar-refractivity contribution in [1.29, 1.82) is 0 Å². The summed E-state index contributed by atoms with van der Waals surface area (Å²) < 4.78 is 5.43. The molecular formula is C20H33IN6O. The summed E-state index contributed by atoms with van der Waals surface area (Å²) >= 11 is 0. The van der Waals surface area contributed by atoms with Crippen molar-refractivity contribution in [2.24, 2.45) is 4.99 Å². The smallest absolute Gasteiger partial charge is 0.191 e. The molecule has 0 bridgehead atoms. The van der Waals surface area contributed by atoms with E-state index in [4.69, 9.17) is 4.52 Å². The second-order valence-electron chi connectivity index (χ2n) is 6.43. The highest BCUT2D eigenvalue weighted by Crippen LogP contribution is 2.22. The minimum Gasteiger partial charge on any atom is -0.370 e. The Morgan fingerprint density at radius 3 is 2.61 bits per heavy atom. The lowest BCUT2D eigenvalue weighted by Gasteiger charge is -2.11. The van der Waals surface area contributed by atoms with Crippen LogP contribution in [0.2, 0.25) is 0 Å². The van der Waals surface area contributed by atoms with Crippen LogP contribution in [0.1, 0.15) is 56.9 Å². The van der Waals surface area contributed by atoms with E-state index >= 15 is 0 Å². The van der Waals surface area contributed by atoms with Crippen molar-refractivity contribution in [3.8, 4) is 0 Å². The zero-order chi connectivity index (χ0) is 19.3. The average Bonchev–Trinajstić information content (AvgIpc) is 3.17. The molecule has 8 heteroatoms. The monoisotopic (exact) mass is 500 g/mol. The van der Waals surface area contributed by atoms with Crippen molar-refractivity contribution in [1.82, 2.24) is 20.8 Å². The molecule has 0 aliphatic heterocycles. The summed E-state index contributed by atoms with van der Waals surface area (Å²) in [6.07, 6.45) is 6.05. The maximum Gasteiger partial charge on any atom is 0.191 e. The lowest BCUT2D eigenvalue weighted by atomic mass is 9.99. The van der Waals surface area contributed by atoms with Gasteiger partial charge in [0, 0.05) is 38.3 Å². The first-order valence-corrected chi connectivity index (χ1v) is 9.81. The summed E-state index contributed by atoms with van der Waals surface area (Å²) in [6.45, 7) is 6.70. The van der Waals surface area contributed by atoms with Gasteiger partial charge in [-0.2, -0.15) is 0 Å². The first-order valence-electron chi connectivity index (χ1n) is 9.81. The maximum absolute atomic E-state index is 5.43. The van der Waals surface area contributed by atoms with Crippen LogP contribution >= 0.6 is 24.0 Å². The predicted octanol–water partition coefficient (Wildman–Crippen LogP) is 4.15. The fraction of sp³-hybridized carbons (Fsp3) is 0.550. The minimum atomic E-state index is 0. The van der Waals surface area contributed by atoms with Gasteiger partial charge in [0.15, 0.2) is 11.7 Å². The average molecular weight is 500 g/mol. The first-order chi connectivity index (χ1) is 13.3. The molecule has 2 heterocycles. The van der Waals surface area contributed by atoms with E-state index in [1.54, 1.807) is 13.2 Å². The number of hydrogen-bond acceptors (Lipinski definition) is 5.